The summed E-state index contributed by atoms with van der Waals surface area (Å²) >= 11 is 0. The van der Waals surface area contributed by atoms with Crippen LogP contribution in [0.15, 0.2) is 24.3 Å². The maximum Gasteiger partial charge on any atom is 0.248 e. The van der Waals surface area contributed by atoms with Crippen molar-refractivity contribution in [3.8, 4) is 0 Å². The Morgan fingerprint density at radius 2 is 1.86 bits per heavy atom. The minimum absolute atomic E-state index is 0.0537. The molecule has 1 aliphatic carbocycles. The molecule has 28 heavy (non-hydrogen) atoms. The number of carbonyl (C=O) groups is 2. The first-order valence-corrected chi connectivity index (χ1v) is 9.51. The molecule has 6 nitrogen and oxygen atoms in total. The number of benzene rings is 1. The number of halogens is 2. The topological polar surface area (TPSA) is 90.5 Å². The fourth-order valence-corrected chi connectivity index (χ4v) is 4.40. The van der Waals surface area contributed by atoms with Gasteiger partial charge in [-0.25, -0.2) is 14.3 Å². The van der Waals surface area contributed by atoms with Gasteiger partial charge in [-0.05, 0) is 54.4 Å². The van der Waals surface area contributed by atoms with E-state index >= 15 is 0 Å². The number of rotatable bonds is 4. The number of Topliss-reactive ketones (excluding diaryl/α,β-unsaturated/α-hetero) is 1. The number of piperidine rings is 1. The molecule has 3 atom stereocenters. The van der Waals surface area contributed by atoms with Crippen molar-refractivity contribution in [3.05, 3.63) is 41.5 Å². The summed E-state index contributed by atoms with van der Waals surface area (Å²) in [4.78, 5) is 25.3. The van der Waals surface area contributed by atoms with E-state index in [9.17, 15) is 18.4 Å². The molecule has 2 heterocycles. The van der Waals surface area contributed by atoms with Gasteiger partial charge in [0.1, 0.15) is 11.6 Å². The van der Waals surface area contributed by atoms with Gasteiger partial charge in [-0.2, -0.15) is 0 Å². The van der Waals surface area contributed by atoms with Crippen LogP contribution in [0.2, 0.25) is 0 Å². The van der Waals surface area contributed by atoms with Crippen LogP contribution in [0.3, 0.4) is 0 Å². The molecule has 1 aromatic carbocycles. The van der Waals surface area contributed by atoms with Gasteiger partial charge in [-0.1, -0.05) is 6.08 Å². The Morgan fingerprint density at radius 1 is 1.14 bits per heavy atom. The van der Waals surface area contributed by atoms with Crippen molar-refractivity contribution in [2.45, 2.75) is 37.8 Å². The lowest BCUT2D eigenvalue weighted by Crippen LogP contribution is -2.59. The molecular formula is C20H23F2N3O3. The number of hydroxylamine groups is 1. The summed E-state index contributed by atoms with van der Waals surface area (Å²) in [6.07, 6.45) is 4.67. The Balaban J connectivity index is 1.51. The second-order valence-corrected chi connectivity index (χ2v) is 8.10. The maximum absolute atomic E-state index is 13.6. The highest BCUT2D eigenvalue weighted by Gasteiger charge is 2.52. The summed E-state index contributed by atoms with van der Waals surface area (Å²) in [6.45, 7) is 1.06. The van der Waals surface area contributed by atoms with E-state index in [1.54, 1.807) is 5.48 Å². The Labute approximate surface area is 161 Å². The standard InChI is InChI=1S/C20H23F2N3O3/c21-13-5-12(6-14(22)8-13)11-1-4-23-16(7-11)18(26)17-15(19(27)25-28)9-20(2-3-20)10-24-17/h1,5-6,8,15-17,23-24,28H,2-4,7,9-10H2,(H,25,27). The summed E-state index contributed by atoms with van der Waals surface area (Å²) in [6, 6.07) is 2.02. The van der Waals surface area contributed by atoms with E-state index in [-0.39, 0.29) is 17.6 Å². The van der Waals surface area contributed by atoms with Crippen molar-refractivity contribution in [3.63, 3.8) is 0 Å². The van der Waals surface area contributed by atoms with Gasteiger partial charge in [0, 0.05) is 19.2 Å². The summed E-state index contributed by atoms with van der Waals surface area (Å²) in [5, 5.41) is 15.4. The molecule has 0 bridgehead atoms. The Bertz CT molecular complexity index is 818. The van der Waals surface area contributed by atoms with Crippen LogP contribution in [-0.2, 0) is 9.59 Å². The number of nitrogens with one attached hydrogen (secondary N) is 3. The van der Waals surface area contributed by atoms with Gasteiger partial charge in [-0.3, -0.25) is 14.8 Å². The molecule has 1 saturated heterocycles. The van der Waals surface area contributed by atoms with Crippen molar-refractivity contribution < 1.29 is 23.6 Å². The van der Waals surface area contributed by atoms with Crippen LogP contribution in [0.1, 0.15) is 31.2 Å². The average molecular weight is 391 g/mol. The normalized spacial score (nSPS) is 28.5. The molecular weight excluding hydrogens is 368 g/mol. The third-order valence-corrected chi connectivity index (χ3v) is 6.18. The number of amides is 1. The highest BCUT2D eigenvalue weighted by Crippen LogP contribution is 2.52. The highest BCUT2D eigenvalue weighted by atomic mass is 19.1. The van der Waals surface area contributed by atoms with Crippen molar-refractivity contribution >= 4 is 17.3 Å². The van der Waals surface area contributed by atoms with Gasteiger partial charge in [0.2, 0.25) is 5.91 Å². The van der Waals surface area contributed by atoms with Crippen LogP contribution in [0, 0.1) is 23.0 Å². The maximum atomic E-state index is 13.6. The zero-order chi connectivity index (χ0) is 19.9. The van der Waals surface area contributed by atoms with E-state index < -0.39 is 35.5 Å². The van der Waals surface area contributed by atoms with Gasteiger partial charge in [0.25, 0.3) is 0 Å². The molecule has 1 saturated carbocycles. The predicted molar refractivity (Wildman–Crippen MR) is 97.2 cm³/mol. The fraction of sp³-hybridized carbons (Fsp3) is 0.500. The zero-order valence-corrected chi connectivity index (χ0v) is 15.3. The zero-order valence-electron chi connectivity index (χ0n) is 15.3. The smallest absolute Gasteiger partial charge is 0.248 e. The summed E-state index contributed by atoms with van der Waals surface area (Å²) in [7, 11) is 0. The fourth-order valence-electron chi connectivity index (χ4n) is 4.40. The molecule has 2 aliphatic heterocycles. The SMILES string of the molecule is O=C(NO)C1CC2(CC2)CNC1C(=O)C1CC(c2cc(F)cc(F)c2)=CCN1. The molecule has 150 valence electrons. The third kappa shape index (κ3) is 3.72. The van der Waals surface area contributed by atoms with Crippen molar-refractivity contribution in [2.24, 2.45) is 11.3 Å². The van der Waals surface area contributed by atoms with E-state index in [0.717, 1.165) is 18.9 Å². The Kier molecular flexibility index (Phi) is 5.03. The number of hydrogen-bond acceptors (Lipinski definition) is 5. The summed E-state index contributed by atoms with van der Waals surface area (Å²) in [5.74, 6) is -2.71. The van der Waals surface area contributed by atoms with Crippen molar-refractivity contribution in [1.29, 1.82) is 0 Å². The van der Waals surface area contributed by atoms with E-state index in [0.29, 0.717) is 30.6 Å². The van der Waals surface area contributed by atoms with Crippen LogP contribution in [0.5, 0.6) is 0 Å². The second-order valence-electron chi connectivity index (χ2n) is 8.10. The molecule has 0 aromatic heterocycles. The van der Waals surface area contributed by atoms with Gasteiger partial charge >= 0.3 is 0 Å². The quantitative estimate of drug-likeness (QED) is 0.462. The summed E-state index contributed by atoms with van der Waals surface area (Å²) in [5.41, 5.74) is 2.84. The predicted octanol–water partition coefficient (Wildman–Crippen LogP) is 1.54. The molecule has 4 rings (SSSR count). The lowest BCUT2D eigenvalue weighted by Gasteiger charge is -2.37. The largest absolute Gasteiger partial charge is 0.306 e. The number of hydrogen-bond donors (Lipinski definition) is 4. The number of ketones is 1. The van der Waals surface area contributed by atoms with Gasteiger partial charge in [0.15, 0.2) is 5.78 Å². The first-order chi connectivity index (χ1) is 13.4. The second kappa shape index (κ2) is 7.35. The van der Waals surface area contributed by atoms with Crippen molar-refractivity contribution in [2.75, 3.05) is 13.1 Å². The van der Waals surface area contributed by atoms with Crippen LogP contribution >= 0.6 is 0 Å². The van der Waals surface area contributed by atoms with Crippen LogP contribution in [-0.4, -0.2) is 42.1 Å². The Hall–Kier alpha value is -2.16. The van der Waals surface area contributed by atoms with E-state index in [4.69, 9.17) is 5.21 Å². The van der Waals surface area contributed by atoms with Crippen LogP contribution in [0.25, 0.3) is 5.57 Å². The van der Waals surface area contributed by atoms with E-state index in [1.807, 2.05) is 6.08 Å². The molecule has 8 heteroatoms. The molecule has 1 aromatic rings. The number of carbonyl (C=O) groups excluding carboxylic acids is 2. The van der Waals surface area contributed by atoms with Crippen LogP contribution in [0.4, 0.5) is 8.78 Å². The minimum atomic E-state index is -0.709. The molecule has 3 aliphatic rings. The van der Waals surface area contributed by atoms with Crippen LogP contribution < -0.4 is 16.1 Å². The minimum Gasteiger partial charge on any atom is -0.306 e. The molecule has 1 amide bonds. The first-order valence-electron chi connectivity index (χ1n) is 9.51. The van der Waals surface area contributed by atoms with Gasteiger partial charge in [-0.15, -0.1) is 0 Å². The van der Waals surface area contributed by atoms with E-state index in [2.05, 4.69) is 10.6 Å². The average Bonchev–Trinajstić information content (AvgIpc) is 3.44. The molecule has 2 fully saturated rings. The molecule has 4 N–H and O–H groups in total. The molecule has 1 spiro atoms. The van der Waals surface area contributed by atoms with E-state index in [1.165, 1.54) is 12.1 Å². The molecule has 0 radical (unpaired) electrons. The lowest BCUT2D eigenvalue weighted by molar-refractivity contribution is -0.140. The molecule has 3 unspecified atom stereocenters. The Morgan fingerprint density at radius 3 is 2.50 bits per heavy atom. The monoisotopic (exact) mass is 391 g/mol. The third-order valence-electron chi connectivity index (χ3n) is 6.18. The van der Waals surface area contributed by atoms with Crippen molar-refractivity contribution in [1.82, 2.24) is 16.1 Å². The first kappa shape index (κ1) is 19.2. The van der Waals surface area contributed by atoms with Gasteiger partial charge < -0.3 is 10.6 Å². The van der Waals surface area contributed by atoms with Gasteiger partial charge in [0.05, 0.1) is 18.0 Å². The summed E-state index contributed by atoms with van der Waals surface area (Å²) < 4.78 is 27.1. The lowest BCUT2D eigenvalue weighted by atomic mass is 9.78. The highest BCUT2D eigenvalue weighted by molar-refractivity contribution is 5.96.